The minimum atomic E-state index is -1.27. The number of aromatic nitrogens is 1. The van der Waals surface area contributed by atoms with Gasteiger partial charge in [-0.3, -0.25) is 4.98 Å². The summed E-state index contributed by atoms with van der Waals surface area (Å²) in [6.45, 7) is 11.8. The molecule has 2 saturated carbocycles. The number of carboxylic acid groups (broad SMARTS) is 2. The van der Waals surface area contributed by atoms with Crippen molar-refractivity contribution in [2.75, 3.05) is 13.2 Å². The third-order valence-electron chi connectivity index (χ3n) is 8.31. The van der Waals surface area contributed by atoms with E-state index in [1.165, 1.54) is 5.57 Å². The number of hydrogen-bond donors (Lipinski definition) is 2. The van der Waals surface area contributed by atoms with Crippen LogP contribution in [-0.2, 0) is 9.47 Å². The molecule has 1 aromatic rings. The van der Waals surface area contributed by atoms with Crippen LogP contribution in [0.4, 0.5) is 0 Å². The van der Waals surface area contributed by atoms with Gasteiger partial charge in [-0.25, -0.2) is 9.59 Å². The molecule has 1 saturated heterocycles. The van der Waals surface area contributed by atoms with E-state index >= 15 is 0 Å². The van der Waals surface area contributed by atoms with Crippen LogP contribution in [0.2, 0.25) is 0 Å². The molecule has 6 atom stereocenters. The van der Waals surface area contributed by atoms with E-state index in [4.69, 9.17) is 14.2 Å². The molecule has 2 N–H and O–H groups in total. The summed E-state index contributed by atoms with van der Waals surface area (Å²) in [5.74, 6) is -2.11. The Morgan fingerprint density at radius 2 is 1.85 bits per heavy atom. The van der Waals surface area contributed by atoms with Crippen LogP contribution in [0.15, 0.2) is 24.5 Å². The van der Waals surface area contributed by atoms with Gasteiger partial charge in [0, 0.05) is 17.8 Å². The van der Waals surface area contributed by atoms with Crippen LogP contribution in [-0.4, -0.2) is 52.7 Å². The Kier molecular flexibility index (Phi) is 6.26. The van der Waals surface area contributed by atoms with Gasteiger partial charge in [0.25, 0.3) is 0 Å². The standard InChI is InChI=1S/C25H33NO7/c1-14-5-6-19-24(3,9-7-20-25(19,4)13-32-15(2)33-20)18(14)8-10-31-21-16(22(27)28)11-26-12-17(21)23(29)30/h11-12,15,18-20H,1,5-10,13H2,2-4H3,(H,27,28)(H,29,30)/t15-,18-,19?,20-,24+,25+/m1/s1. The van der Waals surface area contributed by atoms with Gasteiger partial charge < -0.3 is 24.4 Å². The zero-order valence-corrected chi connectivity index (χ0v) is 19.5. The van der Waals surface area contributed by atoms with Gasteiger partial charge in [0.2, 0.25) is 0 Å². The van der Waals surface area contributed by atoms with Gasteiger partial charge in [0.15, 0.2) is 12.0 Å². The van der Waals surface area contributed by atoms with Crippen LogP contribution in [0.1, 0.15) is 73.6 Å². The molecule has 0 aromatic carbocycles. The fourth-order valence-corrected chi connectivity index (χ4v) is 6.68. The minimum absolute atomic E-state index is 0.0132. The lowest BCUT2D eigenvalue weighted by molar-refractivity contribution is -0.297. The summed E-state index contributed by atoms with van der Waals surface area (Å²) in [4.78, 5) is 26.9. The molecular formula is C25H33NO7. The predicted octanol–water partition coefficient (Wildman–Crippen LogP) is 4.40. The van der Waals surface area contributed by atoms with Crippen LogP contribution in [0, 0.1) is 22.7 Å². The minimum Gasteiger partial charge on any atom is -0.492 e. The Bertz CT molecular complexity index is 930. The van der Waals surface area contributed by atoms with Crippen molar-refractivity contribution in [3.63, 3.8) is 0 Å². The van der Waals surface area contributed by atoms with E-state index in [0.717, 1.165) is 38.1 Å². The highest BCUT2D eigenvalue weighted by Crippen LogP contribution is 2.63. The van der Waals surface area contributed by atoms with Crippen molar-refractivity contribution < 1.29 is 34.0 Å². The largest absolute Gasteiger partial charge is 0.492 e. The van der Waals surface area contributed by atoms with Crippen molar-refractivity contribution in [1.82, 2.24) is 4.98 Å². The van der Waals surface area contributed by atoms with Gasteiger partial charge in [-0.2, -0.15) is 0 Å². The number of pyridine rings is 1. The maximum atomic E-state index is 11.6. The van der Waals surface area contributed by atoms with Gasteiger partial charge in [-0.1, -0.05) is 26.0 Å². The van der Waals surface area contributed by atoms with Crippen LogP contribution in [0.3, 0.4) is 0 Å². The third kappa shape index (κ3) is 4.04. The first kappa shape index (κ1) is 23.7. The molecule has 0 bridgehead atoms. The number of carbonyl (C=O) groups is 2. The number of allylic oxidation sites excluding steroid dienone is 1. The zero-order chi connectivity index (χ0) is 24.0. The summed E-state index contributed by atoms with van der Waals surface area (Å²) in [5.41, 5.74) is 0.593. The fraction of sp³-hybridized carbons (Fsp3) is 0.640. The van der Waals surface area contributed by atoms with Crippen molar-refractivity contribution in [1.29, 1.82) is 0 Å². The Balaban J connectivity index is 1.54. The summed E-state index contributed by atoms with van der Waals surface area (Å²) >= 11 is 0. The molecule has 8 heteroatoms. The Hall–Kier alpha value is -2.45. The molecule has 33 heavy (non-hydrogen) atoms. The van der Waals surface area contributed by atoms with Crippen LogP contribution in [0.25, 0.3) is 0 Å². The van der Waals surface area contributed by atoms with Crippen molar-refractivity contribution in [3.8, 4) is 5.75 Å². The summed E-state index contributed by atoms with van der Waals surface area (Å²) in [5, 5.41) is 18.9. The second kappa shape index (κ2) is 8.72. The summed E-state index contributed by atoms with van der Waals surface area (Å²) in [7, 11) is 0. The maximum Gasteiger partial charge on any atom is 0.341 e. The topological polar surface area (TPSA) is 115 Å². The predicted molar refractivity (Wildman–Crippen MR) is 119 cm³/mol. The van der Waals surface area contributed by atoms with Crippen LogP contribution in [0.5, 0.6) is 5.75 Å². The van der Waals surface area contributed by atoms with Crippen molar-refractivity contribution >= 4 is 11.9 Å². The second-order valence-electron chi connectivity index (χ2n) is 10.2. The Morgan fingerprint density at radius 1 is 1.18 bits per heavy atom. The van der Waals surface area contributed by atoms with E-state index in [1.54, 1.807) is 0 Å². The normalized spacial score (nSPS) is 35.9. The van der Waals surface area contributed by atoms with E-state index in [1.807, 2.05) is 6.92 Å². The molecule has 0 radical (unpaired) electrons. The average Bonchev–Trinajstić information content (AvgIpc) is 2.76. The highest BCUT2D eigenvalue weighted by Gasteiger charge is 2.59. The third-order valence-corrected chi connectivity index (χ3v) is 8.31. The molecule has 1 aromatic heterocycles. The lowest BCUT2D eigenvalue weighted by atomic mass is 9.46. The van der Waals surface area contributed by atoms with E-state index in [9.17, 15) is 19.8 Å². The number of hydrogen-bond acceptors (Lipinski definition) is 6. The average molecular weight is 460 g/mol. The smallest absolute Gasteiger partial charge is 0.341 e. The molecule has 1 unspecified atom stereocenters. The SMILES string of the molecule is C=C1CCC2[C@]3(C)CO[C@@H](C)O[C@@H]3CC[C@@]2(C)[C@@H]1CCOc1c(C(=O)O)cncc1C(=O)O. The van der Waals surface area contributed by atoms with Crippen molar-refractivity contribution in [2.45, 2.75) is 65.3 Å². The molecule has 3 fully saturated rings. The number of carboxylic acids is 2. The first-order valence-electron chi connectivity index (χ1n) is 11.6. The second-order valence-corrected chi connectivity index (χ2v) is 10.2. The molecule has 1 aliphatic heterocycles. The number of rotatable bonds is 6. The quantitative estimate of drug-likeness (QED) is 0.602. The van der Waals surface area contributed by atoms with E-state index in [0.29, 0.717) is 18.9 Å². The number of aromatic carboxylic acids is 2. The van der Waals surface area contributed by atoms with Gasteiger partial charge in [0.05, 0.1) is 19.3 Å². The van der Waals surface area contributed by atoms with Gasteiger partial charge in [-0.05, 0) is 56.3 Å². The first-order chi connectivity index (χ1) is 15.6. The van der Waals surface area contributed by atoms with Crippen LogP contribution >= 0.6 is 0 Å². The van der Waals surface area contributed by atoms with Crippen molar-refractivity contribution in [3.05, 3.63) is 35.7 Å². The molecule has 2 heterocycles. The number of fused-ring (bicyclic) bond motifs is 3. The first-order valence-corrected chi connectivity index (χ1v) is 11.6. The molecule has 2 aliphatic carbocycles. The highest BCUT2D eigenvalue weighted by molar-refractivity contribution is 5.98. The van der Waals surface area contributed by atoms with Crippen molar-refractivity contribution in [2.24, 2.45) is 22.7 Å². The lowest BCUT2D eigenvalue weighted by Crippen LogP contribution is -2.61. The Morgan fingerprint density at radius 3 is 2.48 bits per heavy atom. The molecule has 8 nitrogen and oxygen atoms in total. The van der Waals surface area contributed by atoms with Gasteiger partial charge in [-0.15, -0.1) is 0 Å². The molecule has 3 aliphatic rings. The summed E-state index contributed by atoms with van der Waals surface area (Å²) < 4.78 is 17.9. The molecule has 4 rings (SSSR count). The van der Waals surface area contributed by atoms with Gasteiger partial charge >= 0.3 is 11.9 Å². The lowest BCUT2D eigenvalue weighted by Gasteiger charge is -2.62. The zero-order valence-electron chi connectivity index (χ0n) is 19.5. The van der Waals surface area contributed by atoms with E-state index in [-0.39, 0.29) is 52.6 Å². The van der Waals surface area contributed by atoms with E-state index in [2.05, 4.69) is 25.4 Å². The molecule has 180 valence electrons. The highest BCUT2D eigenvalue weighted by atomic mass is 16.7. The molecule has 0 spiro atoms. The monoisotopic (exact) mass is 459 g/mol. The molecular weight excluding hydrogens is 426 g/mol. The summed E-state index contributed by atoms with van der Waals surface area (Å²) in [6, 6.07) is 0. The number of ether oxygens (including phenoxy) is 3. The van der Waals surface area contributed by atoms with Gasteiger partial charge in [0.1, 0.15) is 11.1 Å². The fourth-order valence-electron chi connectivity index (χ4n) is 6.68. The number of nitrogens with zero attached hydrogens (tertiary/aromatic N) is 1. The maximum absolute atomic E-state index is 11.6. The van der Waals surface area contributed by atoms with E-state index < -0.39 is 11.9 Å². The summed E-state index contributed by atoms with van der Waals surface area (Å²) in [6.07, 6.45) is 6.78. The van der Waals surface area contributed by atoms with Crippen LogP contribution < -0.4 is 4.74 Å². The Labute approximate surface area is 193 Å². The molecule has 0 amide bonds.